The van der Waals surface area contributed by atoms with Gasteiger partial charge < -0.3 is 15.4 Å². The van der Waals surface area contributed by atoms with E-state index in [9.17, 15) is 4.79 Å². The van der Waals surface area contributed by atoms with Crippen LogP contribution >= 0.6 is 11.6 Å². The Balaban J connectivity index is 2.13. The molecule has 0 spiro atoms. The molecule has 17 heavy (non-hydrogen) atoms. The van der Waals surface area contributed by atoms with Gasteiger partial charge in [-0.15, -0.1) is 0 Å². The van der Waals surface area contributed by atoms with Gasteiger partial charge in [0, 0.05) is 24.7 Å². The third kappa shape index (κ3) is 5.56. The molecule has 1 rings (SSSR count). The molecule has 0 fully saturated rings. The Morgan fingerprint density at radius 3 is 2.82 bits per heavy atom. The topological polar surface area (TPSA) is 50.4 Å². The van der Waals surface area contributed by atoms with Crippen molar-refractivity contribution in [3.8, 4) is 0 Å². The summed E-state index contributed by atoms with van der Waals surface area (Å²) >= 11 is 6.00. The first-order valence-corrected chi connectivity index (χ1v) is 5.96. The minimum atomic E-state index is -0.382. The van der Waals surface area contributed by atoms with Gasteiger partial charge in [0.1, 0.15) is 0 Å². The predicted octanol–water partition coefficient (Wildman–Crippen LogP) is 2.18. The molecule has 0 atom stereocenters. The molecule has 0 aliphatic carbocycles. The first kappa shape index (κ1) is 13.8. The van der Waals surface area contributed by atoms with Gasteiger partial charge in [-0.2, -0.15) is 0 Å². The summed E-state index contributed by atoms with van der Waals surface area (Å²) in [6, 6.07) is 7.66. The van der Waals surface area contributed by atoms with Crippen molar-refractivity contribution < 1.29 is 9.53 Å². The number of hydrogen-bond donors (Lipinski definition) is 2. The van der Waals surface area contributed by atoms with Gasteiger partial charge in [0.15, 0.2) is 0 Å². The summed E-state index contributed by atoms with van der Waals surface area (Å²) in [4.78, 5) is 10.9. The molecule has 0 saturated heterocycles. The number of carbonyl (C=O) groups excluding carboxylic acids is 1. The van der Waals surface area contributed by atoms with E-state index in [-0.39, 0.29) is 6.09 Å². The molecule has 1 aromatic rings. The summed E-state index contributed by atoms with van der Waals surface area (Å²) < 4.78 is 4.73. The van der Waals surface area contributed by atoms with Gasteiger partial charge in [0.05, 0.1) is 6.61 Å². The number of ether oxygens (including phenoxy) is 1. The number of carbonyl (C=O) groups is 1. The van der Waals surface area contributed by atoms with Crippen molar-refractivity contribution in [2.45, 2.75) is 13.5 Å². The fourth-order valence-electron chi connectivity index (χ4n) is 1.30. The maximum atomic E-state index is 10.9. The molecule has 0 heterocycles. The lowest BCUT2D eigenvalue weighted by Crippen LogP contribution is -2.32. The maximum Gasteiger partial charge on any atom is 0.407 e. The van der Waals surface area contributed by atoms with E-state index in [0.29, 0.717) is 26.2 Å². The summed E-state index contributed by atoms with van der Waals surface area (Å²) in [5.41, 5.74) is 1.05. The SMILES string of the molecule is CCOC(=O)NCCNCc1ccccc1Cl. The fraction of sp³-hybridized carbons (Fsp3) is 0.417. The van der Waals surface area contributed by atoms with Crippen molar-refractivity contribution >= 4 is 17.7 Å². The number of hydrogen-bond acceptors (Lipinski definition) is 3. The molecular weight excluding hydrogens is 240 g/mol. The van der Waals surface area contributed by atoms with Crippen LogP contribution in [0.3, 0.4) is 0 Å². The molecule has 4 nitrogen and oxygen atoms in total. The van der Waals surface area contributed by atoms with E-state index < -0.39 is 0 Å². The van der Waals surface area contributed by atoms with E-state index >= 15 is 0 Å². The summed E-state index contributed by atoms with van der Waals surface area (Å²) in [7, 11) is 0. The van der Waals surface area contributed by atoms with Crippen LogP contribution in [-0.4, -0.2) is 25.8 Å². The van der Waals surface area contributed by atoms with Crippen LogP contribution in [0.4, 0.5) is 4.79 Å². The lowest BCUT2D eigenvalue weighted by molar-refractivity contribution is 0.152. The van der Waals surface area contributed by atoms with Crippen LogP contribution in [0.2, 0.25) is 5.02 Å². The van der Waals surface area contributed by atoms with E-state index in [1.165, 1.54) is 0 Å². The van der Waals surface area contributed by atoms with Crippen LogP contribution in [-0.2, 0) is 11.3 Å². The number of halogens is 1. The van der Waals surface area contributed by atoms with Gasteiger partial charge in [-0.25, -0.2) is 4.79 Å². The summed E-state index contributed by atoms with van der Waals surface area (Å²) in [5, 5.41) is 6.56. The monoisotopic (exact) mass is 256 g/mol. The van der Waals surface area contributed by atoms with E-state index in [1.807, 2.05) is 24.3 Å². The second-order valence-electron chi connectivity index (χ2n) is 3.42. The molecular formula is C12H17ClN2O2. The van der Waals surface area contributed by atoms with E-state index in [0.717, 1.165) is 10.6 Å². The normalized spacial score (nSPS) is 10.0. The smallest absolute Gasteiger partial charge is 0.407 e. The summed E-state index contributed by atoms with van der Waals surface area (Å²) in [6.07, 6.45) is -0.382. The Labute approximate surface area is 106 Å². The average molecular weight is 257 g/mol. The fourth-order valence-corrected chi connectivity index (χ4v) is 1.50. The van der Waals surface area contributed by atoms with Gasteiger partial charge in [0.2, 0.25) is 0 Å². The van der Waals surface area contributed by atoms with Crippen LogP contribution in [0.5, 0.6) is 0 Å². The quantitative estimate of drug-likeness (QED) is 0.767. The second kappa shape index (κ2) is 7.92. The Kier molecular flexibility index (Phi) is 6.43. The number of alkyl carbamates (subject to hydrolysis) is 1. The van der Waals surface area contributed by atoms with Gasteiger partial charge in [-0.1, -0.05) is 29.8 Å². The highest BCUT2D eigenvalue weighted by atomic mass is 35.5. The zero-order valence-electron chi connectivity index (χ0n) is 9.83. The van der Waals surface area contributed by atoms with Crippen molar-refractivity contribution in [3.05, 3.63) is 34.9 Å². The molecule has 94 valence electrons. The van der Waals surface area contributed by atoms with Gasteiger partial charge >= 0.3 is 6.09 Å². The van der Waals surface area contributed by atoms with Crippen molar-refractivity contribution in [1.29, 1.82) is 0 Å². The molecule has 2 N–H and O–H groups in total. The van der Waals surface area contributed by atoms with Gasteiger partial charge in [-0.05, 0) is 18.6 Å². The van der Waals surface area contributed by atoms with Crippen LogP contribution in [0.1, 0.15) is 12.5 Å². The first-order valence-electron chi connectivity index (χ1n) is 5.58. The Morgan fingerprint density at radius 1 is 1.35 bits per heavy atom. The van der Waals surface area contributed by atoms with Crippen molar-refractivity contribution in [2.24, 2.45) is 0 Å². The number of rotatable bonds is 6. The maximum absolute atomic E-state index is 10.9. The number of amides is 1. The minimum absolute atomic E-state index is 0.382. The Morgan fingerprint density at radius 2 is 2.12 bits per heavy atom. The third-order valence-corrected chi connectivity index (χ3v) is 2.49. The Bertz CT molecular complexity index is 358. The van der Waals surface area contributed by atoms with Crippen LogP contribution < -0.4 is 10.6 Å². The molecule has 0 aromatic heterocycles. The van der Waals surface area contributed by atoms with Crippen molar-refractivity contribution in [3.63, 3.8) is 0 Å². The van der Waals surface area contributed by atoms with E-state index in [1.54, 1.807) is 6.92 Å². The lowest BCUT2D eigenvalue weighted by atomic mass is 10.2. The first-order chi connectivity index (χ1) is 8.24. The molecule has 0 saturated carbocycles. The van der Waals surface area contributed by atoms with E-state index in [2.05, 4.69) is 10.6 Å². The number of benzene rings is 1. The van der Waals surface area contributed by atoms with Crippen LogP contribution in [0.15, 0.2) is 24.3 Å². The van der Waals surface area contributed by atoms with Gasteiger partial charge in [-0.3, -0.25) is 0 Å². The predicted molar refractivity (Wildman–Crippen MR) is 68.2 cm³/mol. The molecule has 0 aliphatic heterocycles. The van der Waals surface area contributed by atoms with Crippen molar-refractivity contribution in [2.75, 3.05) is 19.7 Å². The highest BCUT2D eigenvalue weighted by Gasteiger charge is 1.99. The third-order valence-electron chi connectivity index (χ3n) is 2.12. The minimum Gasteiger partial charge on any atom is -0.450 e. The molecule has 0 radical (unpaired) electrons. The zero-order valence-corrected chi connectivity index (χ0v) is 10.6. The second-order valence-corrected chi connectivity index (χ2v) is 3.82. The molecule has 0 unspecified atom stereocenters. The molecule has 1 amide bonds. The van der Waals surface area contributed by atoms with Crippen LogP contribution in [0.25, 0.3) is 0 Å². The van der Waals surface area contributed by atoms with Crippen LogP contribution in [0, 0.1) is 0 Å². The zero-order chi connectivity index (χ0) is 12.5. The number of nitrogens with one attached hydrogen (secondary N) is 2. The highest BCUT2D eigenvalue weighted by Crippen LogP contribution is 2.13. The van der Waals surface area contributed by atoms with Gasteiger partial charge in [0.25, 0.3) is 0 Å². The largest absolute Gasteiger partial charge is 0.450 e. The average Bonchev–Trinajstić information content (AvgIpc) is 2.31. The molecule has 0 bridgehead atoms. The summed E-state index contributed by atoms with van der Waals surface area (Å²) in [5.74, 6) is 0. The molecule has 0 aliphatic rings. The van der Waals surface area contributed by atoms with E-state index in [4.69, 9.17) is 16.3 Å². The molecule has 1 aromatic carbocycles. The highest BCUT2D eigenvalue weighted by molar-refractivity contribution is 6.31. The lowest BCUT2D eigenvalue weighted by Gasteiger charge is -2.07. The van der Waals surface area contributed by atoms with Crippen molar-refractivity contribution in [1.82, 2.24) is 10.6 Å². The standard InChI is InChI=1S/C12H17ClN2O2/c1-2-17-12(16)15-8-7-14-9-10-5-3-4-6-11(10)13/h3-6,14H,2,7-9H2,1H3,(H,15,16). The summed E-state index contributed by atoms with van der Waals surface area (Å²) in [6.45, 7) is 4.05. The Hall–Kier alpha value is -1.26. The molecule has 5 heteroatoms.